The van der Waals surface area contributed by atoms with E-state index in [-0.39, 0.29) is 11.1 Å². The summed E-state index contributed by atoms with van der Waals surface area (Å²) in [5, 5.41) is 83.3. The highest BCUT2D eigenvalue weighted by atomic mass is 16.8. The van der Waals surface area contributed by atoms with Gasteiger partial charge in [-0.1, -0.05) is 36.4 Å². The monoisotopic (exact) mass is 778 g/mol. The Morgan fingerprint density at radius 3 is 2.29 bits per heavy atom. The summed E-state index contributed by atoms with van der Waals surface area (Å²) in [7, 11) is 1.14. The number of hydrogen-bond donors (Lipinski definition) is 8. The topological polar surface area (TPSA) is 287 Å². The quantitative estimate of drug-likeness (QED) is 0.0446. The van der Waals surface area contributed by atoms with Crippen LogP contribution in [0, 0.1) is 11.8 Å². The SMILES string of the molecule is COC(=O)C1=COC(OC2OC(CO)C(O)C(O)C2O)C2C1C=CC21C=C(C(O)COC2OC(CO)C(OC(=O)C=Cc3ccccc3)C(O)C2O)C(=O)O1. The van der Waals surface area contributed by atoms with Gasteiger partial charge in [0.1, 0.15) is 48.8 Å². The second-order valence-corrected chi connectivity index (χ2v) is 13.4. The van der Waals surface area contributed by atoms with Crippen molar-refractivity contribution in [2.24, 2.45) is 11.8 Å². The number of aliphatic hydroxyl groups is 8. The minimum atomic E-state index is -1.84. The van der Waals surface area contributed by atoms with E-state index in [4.69, 9.17) is 37.9 Å². The Balaban J connectivity index is 1.15. The molecule has 6 rings (SSSR count). The highest BCUT2D eigenvalue weighted by Gasteiger charge is 2.60. The van der Waals surface area contributed by atoms with Crippen molar-refractivity contribution in [3.8, 4) is 0 Å². The molecule has 1 spiro atoms. The van der Waals surface area contributed by atoms with Crippen LogP contribution in [0.5, 0.6) is 0 Å². The smallest absolute Gasteiger partial charge is 0.337 e. The molecular weight excluding hydrogens is 736 g/mol. The lowest BCUT2D eigenvalue weighted by molar-refractivity contribution is -0.344. The predicted molar refractivity (Wildman–Crippen MR) is 178 cm³/mol. The average Bonchev–Trinajstić information content (AvgIpc) is 3.74. The largest absolute Gasteiger partial charge is 0.471 e. The van der Waals surface area contributed by atoms with Crippen molar-refractivity contribution < 1.29 is 93.1 Å². The zero-order valence-corrected chi connectivity index (χ0v) is 29.1. The number of rotatable bonds is 12. The van der Waals surface area contributed by atoms with Crippen molar-refractivity contribution in [3.05, 3.63) is 77.6 Å². The molecule has 15 atom stereocenters. The van der Waals surface area contributed by atoms with Gasteiger partial charge in [0.2, 0.25) is 6.29 Å². The first kappa shape index (κ1) is 40.6. The molecule has 0 bridgehead atoms. The van der Waals surface area contributed by atoms with Crippen LogP contribution >= 0.6 is 0 Å². The number of aliphatic hydroxyl groups excluding tert-OH is 8. The van der Waals surface area contributed by atoms with Crippen molar-refractivity contribution in [2.45, 2.75) is 79.4 Å². The standard InChI is InChI=1S/C36H42O19/c1-48-31(46)19-14-49-33(54-35-28(44)26(42)25(41)21(12-37)51-35)24-17(19)9-10-36(24)11-18(32(47)55-36)20(39)15-50-34-29(45)27(43)30(22(13-38)52-34)53-23(40)8-7-16-5-3-2-4-6-16/h2-11,14,17,20-22,24-30,33-35,37-39,41-45H,12-13,15H2,1H3. The summed E-state index contributed by atoms with van der Waals surface area (Å²) in [5.41, 5.74) is -1.41. The molecule has 300 valence electrons. The van der Waals surface area contributed by atoms with Gasteiger partial charge in [0.25, 0.3) is 0 Å². The van der Waals surface area contributed by atoms with Crippen LogP contribution in [0.3, 0.4) is 0 Å². The molecule has 0 amide bonds. The molecule has 4 heterocycles. The summed E-state index contributed by atoms with van der Waals surface area (Å²) < 4.78 is 44.0. The Kier molecular flexibility index (Phi) is 12.5. The lowest BCUT2D eigenvalue weighted by Crippen LogP contribution is -2.60. The van der Waals surface area contributed by atoms with Crippen molar-refractivity contribution in [1.82, 2.24) is 0 Å². The Bertz CT molecular complexity index is 1670. The number of benzene rings is 1. The summed E-state index contributed by atoms with van der Waals surface area (Å²) >= 11 is 0. The zero-order chi connectivity index (χ0) is 39.6. The van der Waals surface area contributed by atoms with Gasteiger partial charge in [-0.05, 0) is 23.8 Å². The number of allylic oxidation sites excluding steroid dienone is 1. The first-order valence-electron chi connectivity index (χ1n) is 17.2. The molecule has 0 aromatic heterocycles. The molecule has 2 fully saturated rings. The number of carbonyl (C=O) groups is 3. The highest BCUT2D eigenvalue weighted by Crippen LogP contribution is 2.51. The number of ether oxygens (including phenoxy) is 8. The fourth-order valence-electron chi connectivity index (χ4n) is 7.02. The average molecular weight is 779 g/mol. The molecule has 19 heteroatoms. The Hall–Kier alpha value is -4.09. The van der Waals surface area contributed by atoms with Gasteiger partial charge < -0.3 is 78.7 Å². The van der Waals surface area contributed by atoms with Crippen LogP contribution in [0.25, 0.3) is 6.08 Å². The third kappa shape index (κ3) is 8.10. The molecule has 55 heavy (non-hydrogen) atoms. The minimum Gasteiger partial charge on any atom is -0.471 e. The Morgan fingerprint density at radius 1 is 0.909 bits per heavy atom. The van der Waals surface area contributed by atoms with Gasteiger partial charge in [-0.15, -0.1) is 0 Å². The third-order valence-electron chi connectivity index (χ3n) is 9.94. The van der Waals surface area contributed by atoms with Crippen LogP contribution in [-0.2, 0) is 52.3 Å². The van der Waals surface area contributed by atoms with Crippen LogP contribution in [0.15, 0.2) is 72.0 Å². The van der Waals surface area contributed by atoms with Crippen molar-refractivity contribution in [3.63, 3.8) is 0 Å². The number of esters is 3. The van der Waals surface area contributed by atoms with E-state index in [0.717, 1.165) is 19.4 Å². The van der Waals surface area contributed by atoms with Crippen LogP contribution < -0.4 is 0 Å². The molecule has 4 aliphatic heterocycles. The van der Waals surface area contributed by atoms with E-state index < -0.39 is 129 Å². The van der Waals surface area contributed by atoms with Crippen LogP contribution in [-0.4, -0.2) is 165 Å². The maximum atomic E-state index is 13.3. The summed E-state index contributed by atoms with van der Waals surface area (Å²) in [4.78, 5) is 38.4. The molecular formula is C36H42O19. The van der Waals surface area contributed by atoms with Crippen molar-refractivity contribution in [1.29, 1.82) is 0 Å². The van der Waals surface area contributed by atoms with Crippen LogP contribution in [0.4, 0.5) is 0 Å². The first-order valence-corrected chi connectivity index (χ1v) is 17.2. The van der Waals surface area contributed by atoms with Gasteiger partial charge in [0.05, 0.1) is 50.3 Å². The van der Waals surface area contributed by atoms with E-state index in [1.165, 1.54) is 24.3 Å². The van der Waals surface area contributed by atoms with Gasteiger partial charge in [-0.3, -0.25) is 0 Å². The van der Waals surface area contributed by atoms with Gasteiger partial charge in [-0.25, -0.2) is 14.4 Å². The molecule has 15 unspecified atom stereocenters. The van der Waals surface area contributed by atoms with Gasteiger partial charge in [0, 0.05) is 12.0 Å². The molecule has 1 aromatic carbocycles. The van der Waals surface area contributed by atoms with E-state index >= 15 is 0 Å². The molecule has 0 radical (unpaired) electrons. The number of hydrogen-bond acceptors (Lipinski definition) is 19. The Morgan fingerprint density at radius 2 is 1.60 bits per heavy atom. The number of methoxy groups -OCH3 is 1. The summed E-state index contributed by atoms with van der Waals surface area (Å²) in [5.74, 6) is -4.75. The molecule has 1 aromatic rings. The Labute approximate surface area is 312 Å². The molecule has 8 N–H and O–H groups in total. The number of carbonyl (C=O) groups excluding carboxylic acids is 3. The summed E-state index contributed by atoms with van der Waals surface area (Å²) in [6.45, 7) is -2.23. The fourth-order valence-corrected chi connectivity index (χ4v) is 7.02. The minimum absolute atomic E-state index is 0.00677. The summed E-state index contributed by atoms with van der Waals surface area (Å²) in [6, 6.07) is 8.79. The fraction of sp³-hybridized carbons (Fsp3) is 0.528. The van der Waals surface area contributed by atoms with Gasteiger partial charge in [-0.2, -0.15) is 0 Å². The van der Waals surface area contributed by atoms with E-state index in [1.54, 1.807) is 30.3 Å². The molecule has 0 saturated carbocycles. The molecule has 19 nitrogen and oxygen atoms in total. The molecule has 5 aliphatic rings. The second-order valence-electron chi connectivity index (χ2n) is 13.4. The molecule has 2 saturated heterocycles. The van der Waals surface area contributed by atoms with Crippen molar-refractivity contribution in [2.75, 3.05) is 26.9 Å². The van der Waals surface area contributed by atoms with E-state index in [2.05, 4.69) is 0 Å². The maximum absolute atomic E-state index is 13.3. The maximum Gasteiger partial charge on any atom is 0.337 e. The van der Waals surface area contributed by atoms with E-state index in [9.17, 15) is 55.2 Å². The lowest BCUT2D eigenvalue weighted by atomic mass is 9.78. The van der Waals surface area contributed by atoms with E-state index in [0.29, 0.717) is 5.56 Å². The third-order valence-corrected chi connectivity index (χ3v) is 9.94. The van der Waals surface area contributed by atoms with Gasteiger partial charge in [0.15, 0.2) is 24.3 Å². The normalized spacial score (nSPS) is 38.9. The lowest BCUT2D eigenvalue weighted by Gasteiger charge is -2.44. The number of fused-ring (bicyclic) bond motifs is 2. The van der Waals surface area contributed by atoms with Gasteiger partial charge >= 0.3 is 17.9 Å². The highest BCUT2D eigenvalue weighted by molar-refractivity contribution is 5.94. The van der Waals surface area contributed by atoms with Crippen molar-refractivity contribution >= 4 is 24.0 Å². The van der Waals surface area contributed by atoms with Crippen LogP contribution in [0.2, 0.25) is 0 Å². The van der Waals surface area contributed by atoms with Crippen LogP contribution in [0.1, 0.15) is 5.56 Å². The second kappa shape index (κ2) is 17.0. The molecule has 1 aliphatic carbocycles. The summed E-state index contributed by atoms with van der Waals surface area (Å²) in [6.07, 6.45) is -11.9. The van der Waals surface area contributed by atoms with E-state index in [1.807, 2.05) is 0 Å². The first-order chi connectivity index (χ1) is 26.3. The predicted octanol–water partition coefficient (Wildman–Crippen LogP) is -3.32. The zero-order valence-electron chi connectivity index (χ0n) is 29.1.